The van der Waals surface area contributed by atoms with Gasteiger partial charge in [0.05, 0.1) is 33.7 Å². The van der Waals surface area contributed by atoms with E-state index >= 15 is 0 Å². The quantitative estimate of drug-likeness (QED) is 0.493. The van der Waals surface area contributed by atoms with E-state index in [2.05, 4.69) is 41.0 Å². The molecule has 1 unspecified atom stereocenters. The molecular weight excluding hydrogens is 432 g/mol. The van der Waals surface area contributed by atoms with E-state index in [1.54, 1.807) is 18.6 Å². The van der Waals surface area contributed by atoms with Gasteiger partial charge >= 0.3 is 0 Å². The number of hydrogen-bond acceptors (Lipinski definition) is 6. The third-order valence-electron chi connectivity index (χ3n) is 5.17. The molecule has 0 aliphatic carbocycles. The molecule has 5 rings (SSSR count). The molecule has 1 aliphatic rings. The minimum atomic E-state index is -0.319. The van der Waals surface area contributed by atoms with Gasteiger partial charge in [-0.3, -0.25) is 15.1 Å². The van der Waals surface area contributed by atoms with Gasteiger partial charge in [0.2, 0.25) is 0 Å². The van der Waals surface area contributed by atoms with Gasteiger partial charge in [-0.2, -0.15) is 5.10 Å². The molecule has 4 aromatic rings. The summed E-state index contributed by atoms with van der Waals surface area (Å²) in [5, 5.41) is 18.6. The molecule has 7 nitrogen and oxygen atoms in total. The average Bonchev–Trinajstić information content (AvgIpc) is 3.18. The van der Waals surface area contributed by atoms with Crippen LogP contribution in [0.5, 0.6) is 0 Å². The van der Waals surface area contributed by atoms with Crippen molar-refractivity contribution in [3.63, 3.8) is 0 Å². The zero-order valence-electron chi connectivity index (χ0n) is 15.6. The number of aromatic amines is 1. The Morgan fingerprint density at radius 2 is 2.10 bits per heavy atom. The summed E-state index contributed by atoms with van der Waals surface area (Å²) in [5.41, 5.74) is 4.20. The van der Waals surface area contributed by atoms with Crippen molar-refractivity contribution < 1.29 is 5.11 Å². The second kappa shape index (κ2) is 7.53. The van der Waals surface area contributed by atoms with Crippen molar-refractivity contribution in [2.24, 2.45) is 0 Å². The number of anilines is 1. The van der Waals surface area contributed by atoms with Gasteiger partial charge < -0.3 is 10.0 Å². The van der Waals surface area contributed by atoms with Gasteiger partial charge in [-0.15, -0.1) is 0 Å². The first-order valence-electron chi connectivity index (χ1n) is 9.53. The normalized spacial score (nSPS) is 17.0. The Morgan fingerprint density at radius 3 is 2.93 bits per heavy atom. The van der Waals surface area contributed by atoms with E-state index in [9.17, 15) is 5.11 Å². The van der Waals surface area contributed by atoms with Crippen LogP contribution in [0.2, 0.25) is 0 Å². The topological polar surface area (TPSA) is 90.8 Å². The van der Waals surface area contributed by atoms with Crippen molar-refractivity contribution in [1.29, 1.82) is 0 Å². The van der Waals surface area contributed by atoms with Crippen LogP contribution in [0.4, 0.5) is 5.82 Å². The Bertz CT molecular complexity index is 1160. The van der Waals surface area contributed by atoms with Gasteiger partial charge in [-0.05, 0) is 59.1 Å². The molecule has 146 valence electrons. The van der Waals surface area contributed by atoms with Gasteiger partial charge in [0.25, 0.3) is 0 Å². The first-order valence-corrected chi connectivity index (χ1v) is 10.3. The van der Waals surface area contributed by atoms with Gasteiger partial charge in [0.15, 0.2) is 0 Å². The molecule has 1 aliphatic heterocycles. The Kier molecular flexibility index (Phi) is 4.73. The van der Waals surface area contributed by atoms with Crippen LogP contribution < -0.4 is 4.90 Å². The van der Waals surface area contributed by atoms with Gasteiger partial charge in [0.1, 0.15) is 11.5 Å². The lowest BCUT2D eigenvalue weighted by molar-refractivity contribution is 0.154. The maximum atomic E-state index is 10.1. The molecule has 1 atom stereocenters. The number of hydrogen-bond donors (Lipinski definition) is 2. The lowest BCUT2D eigenvalue weighted by atomic mass is 10.1. The number of H-pyrrole nitrogens is 1. The van der Waals surface area contributed by atoms with E-state index in [1.807, 2.05) is 30.3 Å². The van der Waals surface area contributed by atoms with E-state index in [4.69, 9.17) is 4.98 Å². The monoisotopic (exact) mass is 450 g/mol. The zero-order valence-corrected chi connectivity index (χ0v) is 17.2. The molecule has 0 saturated carbocycles. The van der Waals surface area contributed by atoms with E-state index in [0.29, 0.717) is 6.54 Å². The molecule has 0 radical (unpaired) electrons. The van der Waals surface area contributed by atoms with Crippen LogP contribution in [0.3, 0.4) is 0 Å². The molecule has 0 spiro atoms. The lowest BCUT2D eigenvalue weighted by Crippen LogP contribution is -2.38. The summed E-state index contributed by atoms with van der Waals surface area (Å²) in [6, 6.07) is 9.83. The van der Waals surface area contributed by atoms with E-state index < -0.39 is 0 Å². The smallest absolute Gasteiger partial charge is 0.143 e. The Balaban J connectivity index is 1.58. The van der Waals surface area contributed by atoms with Crippen molar-refractivity contribution in [2.45, 2.75) is 18.9 Å². The molecule has 1 fully saturated rings. The number of aliphatic hydroxyl groups excluding tert-OH is 1. The fourth-order valence-corrected chi connectivity index (χ4v) is 4.19. The number of halogens is 1. The van der Waals surface area contributed by atoms with Crippen molar-refractivity contribution in [1.82, 2.24) is 25.1 Å². The highest BCUT2D eigenvalue weighted by atomic mass is 79.9. The van der Waals surface area contributed by atoms with Gasteiger partial charge in [0, 0.05) is 36.4 Å². The van der Waals surface area contributed by atoms with Crippen LogP contribution in [-0.4, -0.2) is 49.4 Å². The van der Waals surface area contributed by atoms with Gasteiger partial charge in [-0.25, -0.2) is 4.98 Å². The predicted octanol–water partition coefficient (Wildman–Crippen LogP) is 3.81. The number of aromatic nitrogens is 5. The SMILES string of the molecule is OC1CCCN(c2nc(-c3n[nH]c4cnc(-c5cccnc5)cc34)ccc2Br)C1. The van der Waals surface area contributed by atoms with Crippen LogP contribution in [0.1, 0.15) is 12.8 Å². The number of nitrogens with zero attached hydrogens (tertiary/aromatic N) is 5. The molecule has 4 aromatic heterocycles. The van der Waals surface area contributed by atoms with Crippen LogP contribution in [0, 0.1) is 0 Å². The molecule has 2 N–H and O–H groups in total. The third kappa shape index (κ3) is 3.49. The molecule has 5 heterocycles. The minimum Gasteiger partial charge on any atom is -0.391 e. The second-order valence-corrected chi connectivity index (χ2v) is 8.03. The summed E-state index contributed by atoms with van der Waals surface area (Å²) in [4.78, 5) is 15.7. The second-order valence-electron chi connectivity index (χ2n) is 7.17. The van der Waals surface area contributed by atoms with Crippen LogP contribution in [0.15, 0.2) is 53.4 Å². The Labute approximate surface area is 176 Å². The van der Waals surface area contributed by atoms with E-state index in [-0.39, 0.29) is 6.10 Å². The third-order valence-corrected chi connectivity index (χ3v) is 5.79. The first-order chi connectivity index (χ1) is 14.2. The summed E-state index contributed by atoms with van der Waals surface area (Å²) in [5.74, 6) is 0.832. The summed E-state index contributed by atoms with van der Waals surface area (Å²) >= 11 is 3.61. The molecule has 0 amide bonds. The van der Waals surface area contributed by atoms with Crippen molar-refractivity contribution >= 4 is 32.7 Å². The number of piperidine rings is 1. The number of nitrogens with one attached hydrogen (secondary N) is 1. The van der Waals surface area contributed by atoms with Crippen LogP contribution in [-0.2, 0) is 0 Å². The lowest BCUT2D eigenvalue weighted by Gasteiger charge is -2.31. The summed E-state index contributed by atoms with van der Waals surface area (Å²) < 4.78 is 0.910. The average molecular weight is 451 g/mol. The van der Waals surface area contributed by atoms with Crippen molar-refractivity contribution in [2.75, 3.05) is 18.0 Å². The number of pyridine rings is 3. The van der Waals surface area contributed by atoms with Crippen LogP contribution in [0.25, 0.3) is 33.5 Å². The van der Waals surface area contributed by atoms with E-state index in [0.717, 1.165) is 63.2 Å². The fraction of sp³-hybridized carbons (Fsp3) is 0.238. The standard InChI is InChI=1S/C21H19BrN6O/c22-16-5-6-17(25-21(16)28-8-2-4-14(29)12-28)20-15-9-18(13-3-1-7-23-10-13)24-11-19(15)26-27-20/h1,3,5-7,9-11,14,29H,2,4,8,12H2,(H,26,27). The molecule has 8 heteroatoms. The zero-order chi connectivity index (χ0) is 19.8. The highest BCUT2D eigenvalue weighted by Crippen LogP contribution is 2.33. The van der Waals surface area contributed by atoms with E-state index in [1.165, 1.54) is 0 Å². The van der Waals surface area contributed by atoms with Crippen LogP contribution >= 0.6 is 15.9 Å². The molecule has 0 aromatic carbocycles. The highest BCUT2D eigenvalue weighted by Gasteiger charge is 2.22. The maximum Gasteiger partial charge on any atom is 0.143 e. The Hall–Kier alpha value is -2.84. The summed E-state index contributed by atoms with van der Waals surface area (Å²) in [6.07, 6.45) is 6.80. The Morgan fingerprint density at radius 1 is 1.17 bits per heavy atom. The summed E-state index contributed by atoms with van der Waals surface area (Å²) in [7, 11) is 0. The molecule has 0 bridgehead atoms. The number of aliphatic hydroxyl groups is 1. The number of rotatable bonds is 3. The largest absolute Gasteiger partial charge is 0.391 e. The maximum absolute atomic E-state index is 10.1. The predicted molar refractivity (Wildman–Crippen MR) is 116 cm³/mol. The van der Waals surface area contributed by atoms with Crippen molar-refractivity contribution in [3.8, 4) is 22.6 Å². The minimum absolute atomic E-state index is 0.319. The molecule has 1 saturated heterocycles. The number of fused-ring (bicyclic) bond motifs is 1. The molecular formula is C21H19BrN6O. The molecule has 29 heavy (non-hydrogen) atoms. The number of β-amino-alcohol motifs (C(OH)–C–C–N with tert-alkyl or cyclic N) is 1. The van der Waals surface area contributed by atoms with Crippen molar-refractivity contribution in [3.05, 3.63) is 53.4 Å². The first kappa shape index (κ1) is 18.2. The highest BCUT2D eigenvalue weighted by molar-refractivity contribution is 9.10. The summed E-state index contributed by atoms with van der Waals surface area (Å²) in [6.45, 7) is 1.47. The fourth-order valence-electron chi connectivity index (χ4n) is 3.72. The van der Waals surface area contributed by atoms with Gasteiger partial charge in [-0.1, -0.05) is 0 Å².